The molecule has 0 radical (unpaired) electrons. The summed E-state index contributed by atoms with van der Waals surface area (Å²) in [6.07, 6.45) is 2.42. The molecule has 1 fully saturated rings. The summed E-state index contributed by atoms with van der Waals surface area (Å²) in [6.45, 7) is 2.66. The second-order valence-electron chi connectivity index (χ2n) is 5.05. The van der Waals surface area contributed by atoms with Crippen LogP contribution in [-0.4, -0.2) is 29.2 Å². The zero-order valence-corrected chi connectivity index (χ0v) is 12.2. The predicted octanol–water partition coefficient (Wildman–Crippen LogP) is 2.69. The average molecular weight is 294 g/mol. The standard InChI is InChI=1S/C15H19N3O.ClH/c16-10-14-7-4-8-18(14)11-13-9-15(19-17-13)12-5-2-1-3-6-12;/h1-3,5-6,9,14H,4,7-8,10-11,16H2;1H. The van der Waals surface area contributed by atoms with Gasteiger partial charge in [-0.25, -0.2) is 0 Å². The van der Waals surface area contributed by atoms with Gasteiger partial charge in [-0.2, -0.15) is 0 Å². The van der Waals surface area contributed by atoms with Crippen molar-refractivity contribution in [2.75, 3.05) is 13.1 Å². The molecule has 2 N–H and O–H groups in total. The lowest BCUT2D eigenvalue weighted by molar-refractivity contribution is 0.242. The third-order valence-electron chi connectivity index (χ3n) is 3.75. The van der Waals surface area contributed by atoms with Gasteiger partial charge in [0.05, 0.1) is 5.69 Å². The Kier molecular flexibility index (Phi) is 5.17. The Labute approximate surface area is 125 Å². The van der Waals surface area contributed by atoms with Gasteiger partial charge in [0.15, 0.2) is 5.76 Å². The van der Waals surface area contributed by atoms with Gasteiger partial charge in [-0.3, -0.25) is 4.90 Å². The molecule has 0 spiro atoms. The molecule has 1 atom stereocenters. The van der Waals surface area contributed by atoms with E-state index in [1.807, 2.05) is 36.4 Å². The van der Waals surface area contributed by atoms with Crippen molar-refractivity contribution in [3.63, 3.8) is 0 Å². The lowest BCUT2D eigenvalue weighted by atomic mass is 10.1. The normalized spacial score (nSPS) is 18.9. The molecule has 20 heavy (non-hydrogen) atoms. The summed E-state index contributed by atoms with van der Waals surface area (Å²) in [4.78, 5) is 2.40. The highest BCUT2D eigenvalue weighted by Gasteiger charge is 2.24. The second-order valence-corrected chi connectivity index (χ2v) is 5.05. The van der Waals surface area contributed by atoms with E-state index in [1.165, 1.54) is 12.8 Å². The van der Waals surface area contributed by atoms with Gasteiger partial charge in [0.25, 0.3) is 0 Å². The summed E-state index contributed by atoms with van der Waals surface area (Å²) in [6, 6.07) is 12.6. The SMILES string of the molecule is Cl.NCC1CCCN1Cc1cc(-c2ccccc2)on1. The van der Waals surface area contributed by atoms with Crippen molar-refractivity contribution in [1.29, 1.82) is 0 Å². The molecular weight excluding hydrogens is 274 g/mol. The van der Waals surface area contributed by atoms with Gasteiger partial charge in [0, 0.05) is 30.8 Å². The van der Waals surface area contributed by atoms with Crippen LogP contribution in [0.1, 0.15) is 18.5 Å². The Morgan fingerprint density at radius 1 is 1.30 bits per heavy atom. The number of aromatic nitrogens is 1. The van der Waals surface area contributed by atoms with Gasteiger partial charge in [0.1, 0.15) is 0 Å². The first-order chi connectivity index (χ1) is 9.36. The van der Waals surface area contributed by atoms with Gasteiger partial charge < -0.3 is 10.3 Å². The van der Waals surface area contributed by atoms with Gasteiger partial charge in [0.2, 0.25) is 0 Å². The molecule has 1 aliphatic rings. The molecule has 1 aromatic heterocycles. The summed E-state index contributed by atoms with van der Waals surface area (Å²) in [7, 11) is 0. The highest BCUT2D eigenvalue weighted by Crippen LogP contribution is 2.23. The molecule has 0 aliphatic carbocycles. The molecule has 3 rings (SSSR count). The van der Waals surface area contributed by atoms with Gasteiger partial charge in [-0.05, 0) is 19.4 Å². The number of halogens is 1. The van der Waals surface area contributed by atoms with E-state index in [0.29, 0.717) is 6.04 Å². The Hall–Kier alpha value is -1.36. The molecule has 1 aliphatic heterocycles. The summed E-state index contributed by atoms with van der Waals surface area (Å²) >= 11 is 0. The Morgan fingerprint density at radius 2 is 2.10 bits per heavy atom. The van der Waals surface area contributed by atoms with Crippen LogP contribution in [0, 0.1) is 0 Å². The maximum Gasteiger partial charge on any atom is 0.167 e. The molecule has 2 heterocycles. The van der Waals surface area contributed by atoms with Crippen molar-refractivity contribution < 1.29 is 4.52 Å². The molecule has 4 nitrogen and oxygen atoms in total. The number of nitrogens with two attached hydrogens (primary N) is 1. The Bertz CT molecular complexity index is 529. The molecule has 2 aromatic rings. The second kappa shape index (κ2) is 6.88. The van der Waals surface area contributed by atoms with Crippen LogP contribution in [0.4, 0.5) is 0 Å². The number of hydrogen-bond donors (Lipinski definition) is 1. The first-order valence-corrected chi connectivity index (χ1v) is 6.82. The number of nitrogens with zero attached hydrogens (tertiary/aromatic N) is 2. The van der Waals surface area contributed by atoms with Gasteiger partial charge in [-0.15, -0.1) is 12.4 Å². The van der Waals surface area contributed by atoms with Crippen LogP contribution >= 0.6 is 12.4 Å². The summed E-state index contributed by atoms with van der Waals surface area (Å²) < 4.78 is 5.42. The molecule has 1 saturated heterocycles. The van der Waals surface area contributed by atoms with E-state index in [-0.39, 0.29) is 12.4 Å². The minimum Gasteiger partial charge on any atom is -0.356 e. The van der Waals surface area contributed by atoms with Crippen LogP contribution < -0.4 is 5.73 Å². The van der Waals surface area contributed by atoms with Gasteiger partial charge in [-0.1, -0.05) is 35.5 Å². The fraction of sp³-hybridized carbons (Fsp3) is 0.400. The zero-order valence-electron chi connectivity index (χ0n) is 11.4. The minimum absolute atomic E-state index is 0. The molecule has 0 amide bonds. The molecule has 1 unspecified atom stereocenters. The number of rotatable bonds is 4. The Balaban J connectivity index is 0.00000147. The average Bonchev–Trinajstić information content (AvgIpc) is 3.09. The van der Waals surface area contributed by atoms with E-state index in [2.05, 4.69) is 10.1 Å². The Morgan fingerprint density at radius 3 is 2.85 bits per heavy atom. The lowest BCUT2D eigenvalue weighted by Gasteiger charge is -2.21. The van der Waals surface area contributed by atoms with E-state index in [0.717, 1.165) is 36.7 Å². The molecule has 1 aromatic carbocycles. The van der Waals surface area contributed by atoms with Crippen LogP contribution in [0.25, 0.3) is 11.3 Å². The summed E-state index contributed by atoms with van der Waals surface area (Å²) in [5, 5.41) is 4.17. The van der Waals surface area contributed by atoms with E-state index < -0.39 is 0 Å². The molecule has 0 bridgehead atoms. The largest absolute Gasteiger partial charge is 0.356 e. The number of benzene rings is 1. The monoisotopic (exact) mass is 293 g/mol. The van der Waals surface area contributed by atoms with Crippen molar-refractivity contribution in [2.24, 2.45) is 5.73 Å². The van der Waals surface area contributed by atoms with Gasteiger partial charge >= 0.3 is 0 Å². The van der Waals surface area contributed by atoms with E-state index in [4.69, 9.17) is 10.3 Å². The lowest BCUT2D eigenvalue weighted by Crippen LogP contribution is -2.34. The van der Waals surface area contributed by atoms with Crippen molar-refractivity contribution in [1.82, 2.24) is 10.1 Å². The first-order valence-electron chi connectivity index (χ1n) is 6.82. The third-order valence-corrected chi connectivity index (χ3v) is 3.75. The fourth-order valence-electron chi connectivity index (χ4n) is 2.70. The quantitative estimate of drug-likeness (QED) is 0.942. The van der Waals surface area contributed by atoms with E-state index in [1.54, 1.807) is 0 Å². The molecule has 5 heteroatoms. The van der Waals surface area contributed by atoms with Crippen LogP contribution in [-0.2, 0) is 6.54 Å². The van der Waals surface area contributed by atoms with Crippen molar-refractivity contribution in [3.05, 3.63) is 42.1 Å². The number of hydrogen-bond acceptors (Lipinski definition) is 4. The zero-order chi connectivity index (χ0) is 13.1. The molecule has 108 valence electrons. The van der Waals surface area contributed by atoms with Crippen LogP contribution in [0.3, 0.4) is 0 Å². The summed E-state index contributed by atoms with van der Waals surface area (Å²) in [5.74, 6) is 0.832. The summed E-state index contributed by atoms with van der Waals surface area (Å²) in [5.41, 5.74) is 7.84. The number of likely N-dealkylation sites (tertiary alicyclic amines) is 1. The van der Waals surface area contributed by atoms with E-state index in [9.17, 15) is 0 Å². The minimum atomic E-state index is 0. The third kappa shape index (κ3) is 3.20. The fourth-order valence-corrected chi connectivity index (χ4v) is 2.70. The van der Waals surface area contributed by atoms with Crippen molar-refractivity contribution in [2.45, 2.75) is 25.4 Å². The topological polar surface area (TPSA) is 55.3 Å². The maximum atomic E-state index is 5.79. The highest BCUT2D eigenvalue weighted by molar-refractivity contribution is 5.85. The van der Waals surface area contributed by atoms with Crippen LogP contribution in [0.15, 0.2) is 40.9 Å². The smallest absolute Gasteiger partial charge is 0.167 e. The van der Waals surface area contributed by atoms with E-state index >= 15 is 0 Å². The van der Waals surface area contributed by atoms with Crippen LogP contribution in [0.5, 0.6) is 0 Å². The maximum absolute atomic E-state index is 5.79. The molecule has 0 saturated carbocycles. The van der Waals surface area contributed by atoms with Crippen molar-refractivity contribution in [3.8, 4) is 11.3 Å². The van der Waals surface area contributed by atoms with Crippen LogP contribution in [0.2, 0.25) is 0 Å². The first kappa shape index (κ1) is 15.0. The molecular formula is C15H20ClN3O. The highest BCUT2D eigenvalue weighted by atomic mass is 35.5. The predicted molar refractivity (Wildman–Crippen MR) is 81.7 cm³/mol. The van der Waals surface area contributed by atoms with Crippen molar-refractivity contribution >= 4 is 12.4 Å².